The van der Waals surface area contributed by atoms with E-state index in [1.807, 2.05) is 50.4 Å². The van der Waals surface area contributed by atoms with E-state index in [9.17, 15) is 9.59 Å². The number of carbonyl (C=O) groups is 2. The minimum absolute atomic E-state index is 0.0839. The number of nitrogens with one attached hydrogen (secondary N) is 1. The molecule has 2 rings (SSSR count). The van der Waals surface area contributed by atoms with Gasteiger partial charge in [-0.2, -0.15) is 0 Å². The maximum absolute atomic E-state index is 12.2. The molecule has 0 aliphatic heterocycles. The van der Waals surface area contributed by atoms with Crippen molar-refractivity contribution in [3.8, 4) is 5.75 Å². The van der Waals surface area contributed by atoms with Crippen molar-refractivity contribution in [3.63, 3.8) is 0 Å². The molecule has 1 N–H and O–H groups in total. The van der Waals surface area contributed by atoms with Crippen LogP contribution in [0.2, 0.25) is 0 Å². The zero-order valence-electron chi connectivity index (χ0n) is 16.8. The van der Waals surface area contributed by atoms with Crippen LogP contribution in [0.15, 0.2) is 35.7 Å². The first kappa shape index (κ1) is 21.6. The molecule has 0 radical (unpaired) electrons. The quantitative estimate of drug-likeness (QED) is 0.654. The Morgan fingerprint density at radius 2 is 2.07 bits per heavy atom. The highest BCUT2D eigenvalue weighted by molar-refractivity contribution is 7.09. The Balaban J connectivity index is 1.90. The fourth-order valence-corrected chi connectivity index (χ4v) is 3.24. The summed E-state index contributed by atoms with van der Waals surface area (Å²) in [7, 11) is 0. The van der Waals surface area contributed by atoms with Crippen molar-refractivity contribution in [3.05, 3.63) is 52.0 Å². The van der Waals surface area contributed by atoms with Gasteiger partial charge >= 0.3 is 0 Å². The summed E-state index contributed by atoms with van der Waals surface area (Å²) >= 11 is 1.59. The van der Waals surface area contributed by atoms with Gasteiger partial charge in [0.2, 0.25) is 11.8 Å². The molecular weight excluding hydrogens is 374 g/mol. The number of nitrogens with zero attached hydrogens (tertiary/aromatic N) is 2. The monoisotopic (exact) mass is 401 g/mol. The highest BCUT2D eigenvalue weighted by atomic mass is 32.1. The number of amides is 2. The molecule has 150 valence electrons. The maximum atomic E-state index is 12.2. The summed E-state index contributed by atoms with van der Waals surface area (Å²) in [6.07, 6.45) is 3.12. The number of thiazole rings is 1. The number of rotatable bonds is 9. The Hall–Kier alpha value is -2.67. The zero-order valence-corrected chi connectivity index (χ0v) is 17.6. The van der Waals surface area contributed by atoms with Crippen molar-refractivity contribution < 1.29 is 14.3 Å². The van der Waals surface area contributed by atoms with Crippen molar-refractivity contribution >= 4 is 29.2 Å². The van der Waals surface area contributed by atoms with Crippen LogP contribution in [0.25, 0.3) is 6.08 Å². The molecule has 0 spiro atoms. The highest BCUT2D eigenvalue weighted by Crippen LogP contribution is 2.17. The van der Waals surface area contributed by atoms with E-state index in [-0.39, 0.29) is 11.8 Å². The van der Waals surface area contributed by atoms with Crippen molar-refractivity contribution in [2.75, 3.05) is 13.1 Å². The van der Waals surface area contributed by atoms with Crippen molar-refractivity contribution in [1.29, 1.82) is 0 Å². The van der Waals surface area contributed by atoms with Gasteiger partial charge in [0.25, 0.3) is 0 Å². The molecule has 6 nitrogen and oxygen atoms in total. The van der Waals surface area contributed by atoms with Crippen LogP contribution in [-0.4, -0.2) is 40.8 Å². The molecule has 1 unspecified atom stereocenters. The third-order valence-corrected chi connectivity index (χ3v) is 4.97. The SMILES string of the molecule is CCN(CC)C(=O)C(C)NC(=O)C=Cc1cccc(OCc2csc(C)n2)c1. The van der Waals surface area contributed by atoms with E-state index in [1.54, 1.807) is 29.2 Å². The summed E-state index contributed by atoms with van der Waals surface area (Å²) in [6.45, 7) is 9.14. The number of aromatic nitrogens is 1. The fraction of sp³-hybridized carbons (Fsp3) is 0.381. The topological polar surface area (TPSA) is 71.5 Å². The molecular formula is C21H27N3O3S. The van der Waals surface area contributed by atoms with Crippen LogP contribution in [0.5, 0.6) is 5.75 Å². The maximum Gasteiger partial charge on any atom is 0.244 e. The molecule has 2 amide bonds. The Kier molecular flexibility index (Phi) is 8.19. The second kappa shape index (κ2) is 10.6. The zero-order chi connectivity index (χ0) is 20.5. The lowest BCUT2D eigenvalue weighted by Gasteiger charge is -2.23. The third kappa shape index (κ3) is 6.49. The lowest BCUT2D eigenvalue weighted by Crippen LogP contribution is -2.46. The van der Waals surface area contributed by atoms with Gasteiger partial charge in [-0.05, 0) is 51.5 Å². The predicted octanol–water partition coefficient (Wildman–Crippen LogP) is 3.42. The summed E-state index contributed by atoms with van der Waals surface area (Å²) in [6, 6.07) is 6.91. The number of carbonyl (C=O) groups excluding carboxylic acids is 2. The first-order valence-electron chi connectivity index (χ1n) is 9.34. The third-order valence-electron chi connectivity index (χ3n) is 4.14. The number of hydrogen-bond acceptors (Lipinski definition) is 5. The average molecular weight is 402 g/mol. The summed E-state index contributed by atoms with van der Waals surface area (Å²) in [5, 5.41) is 5.69. The standard InChI is InChI=1S/C21H27N3O3S/c1-5-24(6-2)21(26)15(3)22-20(25)11-10-17-8-7-9-19(12-17)27-13-18-14-28-16(4)23-18/h7-12,14-15H,5-6,13H2,1-4H3,(H,22,25). The molecule has 0 bridgehead atoms. The molecule has 1 heterocycles. The molecule has 7 heteroatoms. The van der Waals surface area contributed by atoms with Crippen LogP contribution >= 0.6 is 11.3 Å². The number of ether oxygens (including phenoxy) is 1. The predicted molar refractivity (Wildman–Crippen MR) is 112 cm³/mol. The van der Waals surface area contributed by atoms with Gasteiger partial charge in [0, 0.05) is 24.5 Å². The number of hydrogen-bond donors (Lipinski definition) is 1. The van der Waals surface area contributed by atoms with E-state index in [1.165, 1.54) is 6.08 Å². The van der Waals surface area contributed by atoms with E-state index in [2.05, 4.69) is 10.3 Å². The molecule has 1 atom stereocenters. The average Bonchev–Trinajstić information content (AvgIpc) is 3.11. The van der Waals surface area contributed by atoms with Gasteiger partial charge < -0.3 is 15.0 Å². The van der Waals surface area contributed by atoms with Crippen molar-refractivity contribution in [1.82, 2.24) is 15.2 Å². The normalized spacial score (nSPS) is 12.0. The van der Waals surface area contributed by atoms with Crippen LogP contribution < -0.4 is 10.1 Å². The molecule has 2 aromatic rings. The van der Waals surface area contributed by atoms with E-state index in [4.69, 9.17) is 4.74 Å². The molecule has 1 aromatic heterocycles. The molecule has 28 heavy (non-hydrogen) atoms. The van der Waals surface area contributed by atoms with E-state index in [0.717, 1.165) is 16.3 Å². The Labute approximate surface area is 170 Å². The van der Waals surface area contributed by atoms with Gasteiger partial charge in [0.05, 0.1) is 10.7 Å². The first-order valence-corrected chi connectivity index (χ1v) is 10.2. The summed E-state index contributed by atoms with van der Waals surface area (Å²) in [4.78, 5) is 30.4. The van der Waals surface area contributed by atoms with Crippen LogP contribution in [0.4, 0.5) is 0 Å². The second-order valence-corrected chi connectivity index (χ2v) is 7.36. The Morgan fingerprint density at radius 3 is 2.71 bits per heavy atom. The van der Waals surface area contributed by atoms with Crippen molar-refractivity contribution in [2.45, 2.75) is 40.3 Å². The minimum atomic E-state index is -0.562. The molecule has 0 aliphatic carbocycles. The molecule has 1 aromatic carbocycles. The Morgan fingerprint density at radius 1 is 1.32 bits per heavy atom. The lowest BCUT2D eigenvalue weighted by atomic mass is 10.2. The molecule has 0 saturated heterocycles. The lowest BCUT2D eigenvalue weighted by molar-refractivity contribution is -0.134. The Bertz CT molecular complexity index is 828. The van der Waals surface area contributed by atoms with Gasteiger partial charge in [-0.1, -0.05) is 12.1 Å². The number of likely N-dealkylation sites (N-methyl/N-ethyl adjacent to an activating group) is 1. The van der Waals surface area contributed by atoms with E-state index >= 15 is 0 Å². The van der Waals surface area contributed by atoms with Gasteiger partial charge in [0.15, 0.2) is 0 Å². The van der Waals surface area contributed by atoms with Crippen LogP contribution in [-0.2, 0) is 16.2 Å². The first-order chi connectivity index (χ1) is 13.4. The van der Waals surface area contributed by atoms with Gasteiger partial charge in [0.1, 0.15) is 18.4 Å². The van der Waals surface area contributed by atoms with Gasteiger partial charge in [-0.25, -0.2) is 4.98 Å². The fourth-order valence-electron chi connectivity index (χ4n) is 2.64. The van der Waals surface area contributed by atoms with Gasteiger partial charge in [-0.15, -0.1) is 11.3 Å². The van der Waals surface area contributed by atoms with Crippen LogP contribution in [0.1, 0.15) is 37.0 Å². The number of benzene rings is 1. The van der Waals surface area contributed by atoms with Crippen LogP contribution in [0, 0.1) is 6.92 Å². The van der Waals surface area contributed by atoms with Gasteiger partial charge in [-0.3, -0.25) is 9.59 Å². The van der Waals surface area contributed by atoms with Crippen LogP contribution in [0.3, 0.4) is 0 Å². The molecule has 0 fully saturated rings. The summed E-state index contributed by atoms with van der Waals surface area (Å²) < 4.78 is 5.76. The largest absolute Gasteiger partial charge is 0.487 e. The summed E-state index contributed by atoms with van der Waals surface area (Å²) in [5.41, 5.74) is 1.74. The minimum Gasteiger partial charge on any atom is -0.487 e. The highest BCUT2D eigenvalue weighted by Gasteiger charge is 2.18. The summed E-state index contributed by atoms with van der Waals surface area (Å²) in [5.74, 6) is 0.315. The second-order valence-electron chi connectivity index (χ2n) is 6.29. The molecule has 0 aliphatic rings. The van der Waals surface area contributed by atoms with E-state index in [0.29, 0.717) is 25.4 Å². The molecule has 0 saturated carbocycles. The number of aryl methyl sites for hydroxylation is 1. The smallest absolute Gasteiger partial charge is 0.244 e. The van der Waals surface area contributed by atoms with E-state index < -0.39 is 6.04 Å². The van der Waals surface area contributed by atoms with Crippen molar-refractivity contribution in [2.24, 2.45) is 0 Å².